The van der Waals surface area contributed by atoms with Gasteiger partial charge in [-0.1, -0.05) is 0 Å². The van der Waals surface area contributed by atoms with Gasteiger partial charge in [0.2, 0.25) is 5.95 Å². The van der Waals surface area contributed by atoms with Crippen LogP contribution >= 0.6 is 0 Å². The van der Waals surface area contributed by atoms with Crippen LogP contribution in [0.5, 0.6) is 0 Å². The highest BCUT2D eigenvalue weighted by molar-refractivity contribution is 5.25. The molecule has 1 aliphatic rings. The standard InChI is InChI=1S/C14H21F3N4/c1-21-10-2-3-12(21)6-9-19-13-18-8-5-11(20-13)4-7-14(15,16)17/h5,8,12H,2-4,6-7,9-10H2,1H3,(H,18,19,20)/t12-/m1/s1. The van der Waals surface area contributed by atoms with Gasteiger partial charge < -0.3 is 10.2 Å². The Kier molecular flexibility index (Phi) is 5.39. The average molecular weight is 302 g/mol. The van der Waals surface area contributed by atoms with E-state index in [2.05, 4.69) is 27.2 Å². The molecule has 1 atom stereocenters. The van der Waals surface area contributed by atoms with Crippen LogP contribution in [0.3, 0.4) is 0 Å². The minimum atomic E-state index is -4.15. The number of anilines is 1. The van der Waals surface area contributed by atoms with Crippen molar-refractivity contribution < 1.29 is 13.2 Å². The Balaban J connectivity index is 1.78. The van der Waals surface area contributed by atoms with Crippen molar-refractivity contribution in [1.29, 1.82) is 0 Å². The second-order valence-corrected chi connectivity index (χ2v) is 5.48. The molecule has 2 rings (SSSR count). The molecule has 1 N–H and O–H groups in total. The highest BCUT2D eigenvalue weighted by Crippen LogP contribution is 2.21. The van der Waals surface area contributed by atoms with Gasteiger partial charge in [-0.05, 0) is 45.3 Å². The highest BCUT2D eigenvalue weighted by Gasteiger charge is 2.26. The monoisotopic (exact) mass is 302 g/mol. The van der Waals surface area contributed by atoms with Crippen LogP contribution in [0.4, 0.5) is 19.1 Å². The van der Waals surface area contributed by atoms with Crippen molar-refractivity contribution in [2.75, 3.05) is 25.5 Å². The first-order chi connectivity index (χ1) is 9.94. The van der Waals surface area contributed by atoms with E-state index in [1.165, 1.54) is 25.1 Å². The molecule has 1 aliphatic heterocycles. The van der Waals surface area contributed by atoms with Crippen LogP contribution in [0.1, 0.15) is 31.4 Å². The van der Waals surface area contributed by atoms with Crippen molar-refractivity contribution in [2.45, 2.75) is 44.3 Å². The SMILES string of the molecule is CN1CCC[C@@H]1CCNc1nccc(CCC(F)(F)F)n1. The van der Waals surface area contributed by atoms with Gasteiger partial charge in [0.25, 0.3) is 0 Å². The number of likely N-dealkylation sites (tertiary alicyclic amines) is 1. The van der Waals surface area contributed by atoms with Crippen LogP contribution in [0.25, 0.3) is 0 Å². The Morgan fingerprint density at radius 1 is 1.43 bits per heavy atom. The molecule has 2 heterocycles. The summed E-state index contributed by atoms with van der Waals surface area (Å²) in [6.07, 6.45) is -0.182. The van der Waals surface area contributed by atoms with Crippen LogP contribution in [0.2, 0.25) is 0 Å². The van der Waals surface area contributed by atoms with Crippen molar-refractivity contribution in [3.63, 3.8) is 0 Å². The average Bonchev–Trinajstić information content (AvgIpc) is 2.82. The van der Waals surface area contributed by atoms with Gasteiger partial charge in [-0.15, -0.1) is 0 Å². The molecule has 0 spiro atoms. The summed E-state index contributed by atoms with van der Waals surface area (Å²) in [5, 5.41) is 3.10. The summed E-state index contributed by atoms with van der Waals surface area (Å²) in [5.74, 6) is 0.412. The number of nitrogens with zero attached hydrogens (tertiary/aromatic N) is 3. The van der Waals surface area contributed by atoms with Gasteiger partial charge in [0.05, 0.1) is 0 Å². The third kappa shape index (κ3) is 5.49. The van der Waals surface area contributed by atoms with Gasteiger partial charge in [-0.25, -0.2) is 9.97 Å². The smallest absolute Gasteiger partial charge is 0.354 e. The molecule has 0 unspecified atom stereocenters. The molecule has 0 radical (unpaired) electrons. The zero-order chi connectivity index (χ0) is 15.3. The fourth-order valence-electron chi connectivity index (χ4n) is 2.58. The number of hydrogen-bond acceptors (Lipinski definition) is 4. The highest BCUT2D eigenvalue weighted by atomic mass is 19.4. The van der Waals surface area contributed by atoms with Gasteiger partial charge >= 0.3 is 6.18 Å². The zero-order valence-electron chi connectivity index (χ0n) is 12.2. The van der Waals surface area contributed by atoms with E-state index in [9.17, 15) is 13.2 Å². The summed E-state index contributed by atoms with van der Waals surface area (Å²) in [5.41, 5.74) is 0.419. The first-order valence-electron chi connectivity index (χ1n) is 7.27. The predicted molar refractivity (Wildman–Crippen MR) is 75.2 cm³/mol. The Morgan fingerprint density at radius 3 is 2.90 bits per heavy atom. The molecule has 21 heavy (non-hydrogen) atoms. The fourth-order valence-corrected chi connectivity index (χ4v) is 2.58. The molecule has 1 aromatic heterocycles. The molecular formula is C14H21F3N4. The van der Waals surface area contributed by atoms with E-state index < -0.39 is 12.6 Å². The lowest BCUT2D eigenvalue weighted by Crippen LogP contribution is -2.27. The van der Waals surface area contributed by atoms with Crippen LogP contribution in [0, 0.1) is 0 Å². The van der Waals surface area contributed by atoms with Crippen molar-refractivity contribution in [3.05, 3.63) is 18.0 Å². The topological polar surface area (TPSA) is 41.0 Å². The summed E-state index contributed by atoms with van der Waals surface area (Å²) in [6.45, 7) is 1.87. The van der Waals surface area contributed by atoms with Crippen molar-refractivity contribution in [2.24, 2.45) is 0 Å². The Hall–Kier alpha value is -1.37. The van der Waals surface area contributed by atoms with Gasteiger partial charge in [0.1, 0.15) is 0 Å². The number of rotatable bonds is 6. The quantitative estimate of drug-likeness (QED) is 0.877. The first-order valence-corrected chi connectivity index (χ1v) is 7.27. The van der Waals surface area contributed by atoms with E-state index >= 15 is 0 Å². The molecular weight excluding hydrogens is 281 g/mol. The molecule has 1 aromatic rings. The molecule has 4 nitrogen and oxygen atoms in total. The minimum absolute atomic E-state index is 0.105. The van der Waals surface area contributed by atoms with Crippen molar-refractivity contribution in [3.8, 4) is 0 Å². The third-order valence-corrected chi connectivity index (χ3v) is 3.81. The normalized spacial score (nSPS) is 19.9. The number of aryl methyl sites for hydroxylation is 1. The number of hydrogen-bond donors (Lipinski definition) is 1. The van der Waals surface area contributed by atoms with E-state index in [0.29, 0.717) is 17.7 Å². The molecule has 7 heteroatoms. The second kappa shape index (κ2) is 7.06. The molecule has 1 fully saturated rings. The van der Waals surface area contributed by atoms with Gasteiger partial charge in [0, 0.05) is 30.9 Å². The number of alkyl halides is 3. The number of aromatic nitrogens is 2. The Morgan fingerprint density at radius 2 is 2.24 bits per heavy atom. The molecule has 0 aliphatic carbocycles. The fraction of sp³-hybridized carbons (Fsp3) is 0.714. The first kappa shape index (κ1) is 16.0. The summed E-state index contributed by atoms with van der Waals surface area (Å²) in [6, 6.07) is 2.10. The minimum Gasteiger partial charge on any atom is -0.354 e. The summed E-state index contributed by atoms with van der Waals surface area (Å²) in [4.78, 5) is 10.5. The third-order valence-electron chi connectivity index (χ3n) is 3.81. The van der Waals surface area contributed by atoms with E-state index in [4.69, 9.17) is 0 Å². The maximum Gasteiger partial charge on any atom is 0.389 e. The maximum absolute atomic E-state index is 12.2. The molecule has 0 bridgehead atoms. The van der Waals surface area contributed by atoms with Gasteiger partial charge in [-0.3, -0.25) is 0 Å². The van der Waals surface area contributed by atoms with Gasteiger partial charge in [-0.2, -0.15) is 13.2 Å². The van der Waals surface area contributed by atoms with Gasteiger partial charge in [0.15, 0.2) is 0 Å². The van der Waals surface area contributed by atoms with Crippen LogP contribution in [-0.2, 0) is 6.42 Å². The molecule has 118 valence electrons. The van der Waals surface area contributed by atoms with Crippen molar-refractivity contribution in [1.82, 2.24) is 14.9 Å². The molecule has 0 aromatic carbocycles. The summed E-state index contributed by atoms with van der Waals surface area (Å²) < 4.78 is 36.6. The summed E-state index contributed by atoms with van der Waals surface area (Å²) >= 11 is 0. The largest absolute Gasteiger partial charge is 0.389 e. The zero-order valence-corrected chi connectivity index (χ0v) is 12.2. The van der Waals surface area contributed by atoms with Crippen LogP contribution in [-0.4, -0.2) is 47.2 Å². The Bertz CT molecular complexity index is 450. The number of nitrogens with one attached hydrogen (secondary N) is 1. The van der Waals surface area contributed by atoms with Crippen molar-refractivity contribution >= 4 is 5.95 Å². The molecule has 0 saturated carbocycles. The van der Waals surface area contributed by atoms with Crippen LogP contribution in [0.15, 0.2) is 12.3 Å². The van der Waals surface area contributed by atoms with E-state index in [0.717, 1.165) is 19.5 Å². The summed E-state index contributed by atoms with van der Waals surface area (Å²) in [7, 11) is 2.12. The van der Waals surface area contributed by atoms with Crippen LogP contribution < -0.4 is 5.32 Å². The predicted octanol–water partition coefficient (Wildman–Crippen LogP) is 2.87. The molecule has 0 amide bonds. The lowest BCUT2D eigenvalue weighted by Gasteiger charge is -2.19. The molecule has 1 saturated heterocycles. The maximum atomic E-state index is 12.2. The van der Waals surface area contributed by atoms with E-state index in [1.807, 2.05) is 0 Å². The lowest BCUT2D eigenvalue weighted by molar-refractivity contribution is -0.134. The number of halogens is 3. The van der Waals surface area contributed by atoms with E-state index in [-0.39, 0.29) is 6.42 Å². The lowest BCUT2D eigenvalue weighted by atomic mass is 10.1. The van der Waals surface area contributed by atoms with E-state index in [1.54, 1.807) is 0 Å². The second-order valence-electron chi connectivity index (χ2n) is 5.48. The Labute approximate surface area is 122 Å².